The summed E-state index contributed by atoms with van der Waals surface area (Å²) in [5, 5.41) is 35.2. The highest BCUT2D eigenvalue weighted by Crippen LogP contribution is 2.61. The Morgan fingerprint density at radius 2 is 1.93 bits per heavy atom. The molecule has 2 aromatic rings. The molecule has 9 nitrogen and oxygen atoms in total. The zero-order valence-electron chi connectivity index (χ0n) is 24.4. The van der Waals surface area contributed by atoms with Gasteiger partial charge in [-0.05, 0) is 60.6 Å². The molecule has 1 saturated heterocycles. The van der Waals surface area contributed by atoms with E-state index in [2.05, 4.69) is 26.1 Å². The van der Waals surface area contributed by atoms with Crippen molar-refractivity contribution in [1.82, 2.24) is 10.4 Å². The van der Waals surface area contributed by atoms with E-state index in [-0.39, 0.29) is 30.7 Å². The van der Waals surface area contributed by atoms with Crippen molar-refractivity contribution < 1.29 is 34.5 Å². The van der Waals surface area contributed by atoms with Gasteiger partial charge in [0, 0.05) is 23.1 Å². The van der Waals surface area contributed by atoms with Crippen LogP contribution in [-0.2, 0) is 16.2 Å². The fraction of sp³-hybridized carbons (Fsp3) is 0.562. The topological polar surface area (TPSA) is 129 Å². The highest BCUT2D eigenvalue weighted by molar-refractivity contribution is 5.90. The summed E-state index contributed by atoms with van der Waals surface area (Å²) >= 11 is 0. The number of aromatic carboxylic acids is 1. The minimum absolute atomic E-state index is 0.0447. The standard InChI is InChI=1S/C32H42N2O7/c1-17-24-13-22(32(24,3)4)14-25(17)33-30(37)28-27(18(2)36)26(16-35)41-34(28)15-21-10-7-11-23(29(21)40-5)19-8-6-9-20(12-19)31(38)39/h6-12,17-18,22,24-28,35-36H,13-16H2,1-5H3,(H,33,37)(H,38,39)/t17-,18-,22+,24-,25-,26-,27+,28?/m0/s1. The Labute approximate surface area is 241 Å². The third-order valence-corrected chi connectivity index (χ3v) is 10.1. The molecule has 2 bridgehead atoms. The maximum atomic E-state index is 14.0. The van der Waals surface area contributed by atoms with Gasteiger partial charge in [-0.25, -0.2) is 4.79 Å². The largest absolute Gasteiger partial charge is 0.496 e. The molecule has 4 aliphatic rings. The molecule has 222 valence electrons. The minimum Gasteiger partial charge on any atom is -0.496 e. The molecule has 1 unspecified atom stereocenters. The number of hydroxylamine groups is 2. The van der Waals surface area contributed by atoms with Gasteiger partial charge in [0.2, 0.25) is 5.91 Å². The summed E-state index contributed by atoms with van der Waals surface area (Å²) in [5.74, 6) is 0.141. The number of methoxy groups -OCH3 is 1. The number of hydrogen-bond donors (Lipinski definition) is 4. The Hall–Kier alpha value is -2.98. The Morgan fingerprint density at radius 1 is 1.20 bits per heavy atom. The van der Waals surface area contributed by atoms with Crippen LogP contribution in [0.2, 0.25) is 0 Å². The number of nitrogens with one attached hydrogen (secondary N) is 1. The highest BCUT2D eigenvalue weighted by Gasteiger charge is 2.57. The summed E-state index contributed by atoms with van der Waals surface area (Å²) < 4.78 is 5.81. The van der Waals surface area contributed by atoms with Crippen LogP contribution in [0.1, 0.15) is 56.5 Å². The van der Waals surface area contributed by atoms with Crippen molar-refractivity contribution in [3.05, 3.63) is 53.6 Å². The minimum atomic E-state index is -1.02. The van der Waals surface area contributed by atoms with Crippen LogP contribution in [0.5, 0.6) is 5.75 Å². The summed E-state index contributed by atoms with van der Waals surface area (Å²) in [5.41, 5.74) is 2.57. The normalized spacial score (nSPS) is 31.2. The van der Waals surface area contributed by atoms with E-state index >= 15 is 0 Å². The number of fused-ring (bicyclic) bond motifs is 2. The SMILES string of the molecule is COc1c(CN2O[C@@H](CO)[C@@H]([C@H](C)O)C2C(=O)N[C@H]2C[C@H]3C[C@@H]([C@@H]2C)C3(C)C)cccc1-c1cccc(C(=O)O)c1. The number of nitrogens with zero attached hydrogens (tertiary/aromatic N) is 1. The number of aliphatic hydroxyl groups excluding tert-OH is 2. The van der Waals surface area contributed by atoms with Gasteiger partial charge in [-0.1, -0.05) is 51.1 Å². The first-order chi connectivity index (χ1) is 19.5. The third kappa shape index (κ3) is 5.25. The molecule has 6 rings (SSSR count). The molecule has 8 atom stereocenters. The molecular weight excluding hydrogens is 524 g/mol. The second-order valence-corrected chi connectivity index (χ2v) is 12.6. The first-order valence-electron chi connectivity index (χ1n) is 14.5. The summed E-state index contributed by atoms with van der Waals surface area (Å²) in [7, 11) is 1.55. The zero-order chi connectivity index (χ0) is 29.6. The van der Waals surface area contributed by atoms with Gasteiger partial charge >= 0.3 is 5.97 Å². The summed E-state index contributed by atoms with van der Waals surface area (Å²) in [6, 6.07) is 11.4. The number of carbonyl (C=O) groups excluding carboxylic acids is 1. The Balaban J connectivity index is 1.43. The molecular formula is C32H42N2O7. The Bertz CT molecular complexity index is 1290. The van der Waals surface area contributed by atoms with E-state index in [4.69, 9.17) is 9.57 Å². The molecule has 0 radical (unpaired) electrons. The van der Waals surface area contributed by atoms with E-state index in [0.29, 0.717) is 40.0 Å². The predicted molar refractivity (Wildman–Crippen MR) is 153 cm³/mol. The number of benzene rings is 2. The van der Waals surface area contributed by atoms with Crippen molar-refractivity contribution >= 4 is 11.9 Å². The molecule has 2 aromatic carbocycles. The predicted octanol–water partition coefficient (Wildman–Crippen LogP) is 3.72. The molecule has 41 heavy (non-hydrogen) atoms. The second kappa shape index (κ2) is 11.4. The summed E-state index contributed by atoms with van der Waals surface area (Å²) in [6.45, 7) is 8.30. The first-order valence-corrected chi connectivity index (χ1v) is 14.5. The van der Waals surface area contributed by atoms with E-state index < -0.39 is 30.1 Å². The lowest BCUT2D eigenvalue weighted by molar-refractivity contribution is -0.183. The number of hydrogen-bond acceptors (Lipinski definition) is 7. The van der Waals surface area contributed by atoms with E-state index in [9.17, 15) is 24.9 Å². The number of carboxylic acid groups (broad SMARTS) is 1. The van der Waals surface area contributed by atoms with E-state index in [1.807, 2.05) is 24.3 Å². The maximum absolute atomic E-state index is 14.0. The fourth-order valence-corrected chi connectivity index (χ4v) is 7.65. The van der Waals surface area contributed by atoms with Crippen molar-refractivity contribution in [2.45, 2.75) is 71.4 Å². The Morgan fingerprint density at radius 3 is 2.54 bits per heavy atom. The van der Waals surface area contributed by atoms with Crippen molar-refractivity contribution in [3.8, 4) is 16.9 Å². The first kappa shape index (κ1) is 29.5. The van der Waals surface area contributed by atoms with Gasteiger partial charge in [0.1, 0.15) is 17.9 Å². The molecule has 1 aliphatic heterocycles. The highest BCUT2D eigenvalue weighted by atomic mass is 16.7. The molecule has 4 fully saturated rings. The quantitative estimate of drug-likeness (QED) is 0.362. The van der Waals surface area contributed by atoms with Gasteiger partial charge in [-0.3, -0.25) is 9.63 Å². The van der Waals surface area contributed by atoms with Gasteiger partial charge in [-0.15, -0.1) is 0 Å². The molecule has 1 amide bonds. The van der Waals surface area contributed by atoms with Crippen LogP contribution in [0.3, 0.4) is 0 Å². The maximum Gasteiger partial charge on any atom is 0.335 e. The molecule has 4 N–H and O–H groups in total. The van der Waals surface area contributed by atoms with Crippen LogP contribution < -0.4 is 10.1 Å². The number of carbonyl (C=O) groups is 2. The van der Waals surface area contributed by atoms with Gasteiger partial charge in [0.25, 0.3) is 0 Å². The van der Waals surface area contributed by atoms with E-state index in [1.54, 1.807) is 31.2 Å². The summed E-state index contributed by atoms with van der Waals surface area (Å²) in [4.78, 5) is 31.6. The number of rotatable bonds is 9. The lowest BCUT2D eigenvalue weighted by Gasteiger charge is -2.62. The Kier molecular flexibility index (Phi) is 8.18. The molecule has 0 spiro atoms. The van der Waals surface area contributed by atoms with Crippen molar-refractivity contribution in [2.75, 3.05) is 13.7 Å². The van der Waals surface area contributed by atoms with Gasteiger partial charge in [0.05, 0.1) is 31.9 Å². The van der Waals surface area contributed by atoms with Gasteiger partial charge < -0.3 is 25.4 Å². The number of ether oxygens (including phenoxy) is 1. The van der Waals surface area contributed by atoms with E-state index in [1.165, 1.54) is 12.5 Å². The van der Waals surface area contributed by atoms with Gasteiger partial charge in [-0.2, -0.15) is 5.06 Å². The molecule has 9 heteroatoms. The van der Waals surface area contributed by atoms with Gasteiger partial charge in [0.15, 0.2) is 0 Å². The number of para-hydroxylation sites is 1. The number of carboxylic acids is 1. The summed E-state index contributed by atoms with van der Waals surface area (Å²) in [6.07, 6.45) is 0.491. The van der Waals surface area contributed by atoms with Crippen LogP contribution in [0.15, 0.2) is 42.5 Å². The molecule has 3 aliphatic carbocycles. The lowest BCUT2D eigenvalue weighted by Crippen LogP contribution is -2.62. The number of aliphatic hydroxyl groups is 2. The van der Waals surface area contributed by atoms with Crippen LogP contribution in [0.25, 0.3) is 11.1 Å². The van der Waals surface area contributed by atoms with Crippen molar-refractivity contribution in [1.29, 1.82) is 0 Å². The average molecular weight is 567 g/mol. The van der Waals surface area contributed by atoms with Crippen molar-refractivity contribution in [2.24, 2.45) is 29.1 Å². The lowest BCUT2D eigenvalue weighted by atomic mass is 9.45. The third-order valence-electron chi connectivity index (χ3n) is 10.1. The molecule has 3 saturated carbocycles. The molecule has 0 aromatic heterocycles. The van der Waals surface area contributed by atoms with Crippen LogP contribution in [0.4, 0.5) is 0 Å². The zero-order valence-corrected chi connectivity index (χ0v) is 24.4. The van der Waals surface area contributed by atoms with Crippen LogP contribution in [0, 0.1) is 29.1 Å². The fourth-order valence-electron chi connectivity index (χ4n) is 7.65. The average Bonchev–Trinajstić information content (AvgIpc) is 3.32. The van der Waals surface area contributed by atoms with E-state index in [0.717, 1.165) is 12.0 Å². The monoisotopic (exact) mass is 566 g/mol. The number of amides is 1. The molecule has 1 heterocycles. The smallest absolute Gasteiger partial charge is 0.335 e. The van der Waals surface area contributed by atoms with Crippen LogP contribution in [-0.4, -0.2) is 70.3 Å². The van der Waals surface area contributed by atoms with Crippen LogP contribution >= 0.6 is 0 Å². The van der Waals surface area contributed by atoms with Crippen molar-refractivity contribution in [3.63, 3.8) is 0 Å². The second-order valence-electron chi connectivity index (χ2n) is 12.6.